The van der Waals surface area contributed by atoms with Crippen molar-refractivity contribution in [2.45, 2.75) is 31.3 Å². The van der Waals surface area contributed by atoms with Gasteiger partial charge in [0.1, 0.15) is 17.4 Å². The third-order valence-corrected chi connectivity index (χ3v) is 5.25. The third kappa shape index (κ3) is 5.47. The van der Waals surface area contributed by atoms with E-state index in [1.165, 1.54) is 36.4 Å². The number of rotatable bonds is 5. The maximum Gasteiger partial charge on any atom is 0.573 e. The third-order valence-electron chi connectivity index (χ3n) is 5.25. The number of nitrogens with one attached hydrogen (secondary N) is 1. The molecule has 0 bridgehead atoms. The summed E-state index contributed by atoms with van der Waals surface area (Å²) in [5.41, 5.74) is 2.16. The minimum Gasteiger partial charge on any atom is -0.406 e. The number of ether oxygens (including phenoxy) is 1. The predicted molar refractivity (Wildman–Crippen MR) is 112 cm³/mol. The summed E-state index contributed by atoms with van der Waals surface area (Å²) in [7, 11) is 0. The SMILES string of the molecule is OC1CCN(c2cc(Nc3ccc(OC(F)(F)F)cc3)ccn2)C(c2ccc(F)cc2)C1. The molecule has 0 aliphatic carbocycles. The Hall–Kier alpha value is -3.33. The van der Waals surface area contributed by atoms with E-state index in [2.05, 4.69) is 19.9 Å². The average molecular weight is 447 g/mol. The first-order valence-electron chi connectivity index (χ1n) is 10.1. The fourth-order valence-electron chi connectivity index (χ4n) is 3.78. The van der Waals surface area contributed by atoms with Gasteiger partial charge < -0.3 is 20.1 Å². The summed E-state index contributed by atoms with van der Waals surface area (Å²) in [5.74, 6) is 0.0494. The van der Waals surface area contributed by atoms with Crippen LogP contribution in [0.3, 0.4) is 0 Å². The normalized spacial score (nSPS) is 19.0. The molecule has 0 amide bonds. The first-order chi connectivity index (χ1) is 15.3. The monoisotopic (exact) mass is 447 g/mol. The highest BCUT2D eigenvalue weighted by molar-refractivity contribution is 5.63. The number of nitrogens with zero attached hydrogens (tertiary/aromatic N) is 2. The molecular weight excluding hydrogens is 426 g/mol. The van der Waals surface area contributed by atoms with Crippen molar-refractivity contribution in [1.82, 2.24) is 4.98 Å². The van der Waals surface area contributed by atoms with E-state index in [4.69, 9.17) is 0 Å². The Labute approximate surface area is 182 Å². The molecule has 0 saturated carbocycles. The molecule has 1 aromatic heterocycles. The van der Waals surface area contributed by atoms with Crippen molar-refractivity contribution in [3.63, 3.8) is 0 Å². The van der Waals surface area contributed by atoms with Gasteiger partial charge in [-0.05, 0) is 60.9 Å². The zero-order chi connectivity index (χ0) is 22.7. The number of benzene rings is 2. The Morgan fingerprint density at radius 2 is 1.72 bits per heavy atom. The molecule has 1 aliphatic heterocycles. The van der Waals surface area contributed by atoms with Gasteiger partial charge in [-0.2, -0.15) is 0 Å². The van der Waals surface area contributed by atoms with Crippen molar-refractivity contribution in [1.29, 1.82) is 0 Å². The van der Waals surface area contributed by atoms with E-state index in [-0.39, 0.29) is 17.6 Å². The van der Waals surface area contributed by atoms with E-state index in [1.807, 2.05) is 6.07 Å². The molecular formula is C23H21F4N3O2. The van der Waals surface area contributed by atoms with Crippen LogP contribution in [0, 0.1) is 5.82 Å². The summed E-state index contributed by atoms with van der Waals surface area (Å²) >= 11 is 0. The topological polar surface area (TPSA) is 57.6 Å². The van der Waals surface area contributed by atoms with Gasteiger partial charge in [0.15, 0.2) is 0 Å². The molecule has 2 heterocycles. The maximum atomic E-state index is 13.4. The van der Waals surface area contributed by atoms with Crippen LogP contribution in [0.2, 0.25) is 0 Å². The molecule has 2 atom stereocenters. The van der Waals surface area contributed by atoms with E-state index >= 15 is 0 Å². The Morgan fingerprint density at radius 1 is 1.00 bits per heavy atom. The van der Waals surface area contributed by atoms with E-state index in [1.54, 1.807) is 24.4 Å². The van der Waals surface area contributed by atoms with Crippen LogP contribution in [-0.4, -0.2) is 29.1 Å². The predicted octanol–water partition coefficient (Wildman–Crippen LogP) is 5.57. The van der Waals surface area contributed by atoms with Crippen LogP contribution in [-0.2, 0) is 0 Å². The van der Waals surface area contributed by atoms with Crippen LogP contribution in [0.15, 0.2) is 66.9 Å². The highest BCUT2D eigenvalue weighted by Gasteiger charge is 2.31. The second-order valence-corrected chi connectivity index (χ2v) is 7.54. The van der Waals surface area contributed by atoms with Crippen LogP contribution in [0.25, 0.3) is 0 Å². The van der Waals surface area contributed by atoms with Crippen molar-refractivity contribution >= 4 is 17.2 Å². The van der Waals surface area contributed by atoms with Gasteiger partial charge in [-0.25, -0.2) is 9.37 Å². The molecule has 2 aromatic carbocycles. The van der Waals surface area contributed by atoms with Gasteiger partial charge in [-0.15, -0.1) is 13.2 Å². The van der Waals surface area contributed by atoms with E-state index in [0.717, 1.165) is 5.56 Å². The molecule has 1 fully saturated rings. The summed E-state index contributed by atoms with van der Waals surface area (Å²) in [4.78, 5) is 6.52. The number of anilines is 3. The Balaban J connectivity index is 1.53. The lowest BCUT2D eigenvalue weighted by molar-refractivity contribution is -0.274. The highest BCUT2D eigenvalue weighted by Crippen LogP contribution is 2.35. The van der Waals surface area contributed by atoms with Crippen molar-refractivity contribution in [2.75, 3.05) is 16.8 Å². The van der Waals surface area contributed by atoms with Gasteiger partial charge in [0.05, 0.1) is 12.1 Å². The van der Waals surface area contributed by atoms with Crippen molar-refractivity contribution in [3.8, 4) is 5.75 Å². The first kappa shape index (κ1) is 21.9. The first-order valence-corrected chi connectivity index (χ1v) is 10.1. The number of aliphatic hydroxyl groups is 1. The molecule has 0 spiro atoms. The van der Waals surface area contributed by atoms with Gasteiger partial charge in [0.25, 0.3) is 0 Å². The number of hydrogen-bond donors (Lipinski definition) is 2. The van der Waals surface area contributed by atoms with Gasteiger partial charge >= 0.3 is 6.36 Å². The van der Waals surface area contributed by atoms with Gasteiger partial charge in [-0.1, -0.05) is 12.1 Å². The zero-order valence-corrected chi connectivity index (χ0v) is 16.9. The quantitative estimate of drug-likeness (QED) is 0.501. The number of halogens is 4. The van der Waals surface area contributed by atoms with Crippen LogP contribution in [0.1, 0.15) is 24.4 Å². The van der Waals surface area contributed by atoms with Gasteiger partial charge in [0.2, 0.25) is 0 Å². The molecule has 32 heavy (non-hydrogen) atoms. The molecule has 0 radical (unpaired) electrons. The highest BCUT2D eigenvalue weighted by atomic mass is 19.4. The van der Waals surface area contributed by atoms with Crippen LogP contribution < -0.4 is 15.0 Å². The minimum absolute atomic E-state index is 0.166. The molecule has 1 aliphatic rings. The van der Waals surface area contributed by atoms with Crippen molar-refractivity contribution in [2.24, 2.45) is 0 Å². The standard InChI is InChI=1S/C23H21F4N3O2/c24-16-3-1-15(2-4-16)21-14-19(31)10-12-30(21)22-13-18(9-11-28-22)29-17-5-7-20(8-6-17)32-23(25,26)27/h1-9,11,13,19,21,31H,10,12,14H2,(H,28,29). The molecule has 4 rings (SSSR count). The molecule has 5 nitrogen and oxygen atoms in total. The second kappa shape index (κ2) is 9.04. The number of piperidine rings is 1. The van der Waals surface area contributed by atoms with E-state index < -0.39 is 12.5 Å². The summed E-state index contributed by atoms with van der Waals surface area (Å²) in [6.45, 7) is 0.573. The lowest BCUT2D eigenvalue weighted by atomic mass is 9.93. The van der Waals surface area contributed by atoms with Crippen LogP contribution in [0.4, 0.5) is 34.8 Å². The Morgan fingerprint density at radius 3 is 2.41 bits per heavy atom. The Kier molecular flexibility index (Phi) is 6.18. The molecule has 3 aromatic rings. The number of pyridine rings is 1. The zero-order valence-electron chi connectivity index (χ0n) is 16.9. The molecule has 9 heteroatoms. The van der Waals surface area contributed by atoms with Crippen LogP contribution in [0.5, 0.6) is 5.75 Å². The number of alkyl halides is 3. The lowest BCUT2D eigenvalue weighted by Crippen LogP contribution is -2.39. The lowest BCUT2D eigenvalue weighted by Gasteiger charge is -2.39. The molecule has 2 unspecified atom stereocenters. The van der Waals surface area contributed by atoms with Crippen molar-refractivity contribution in [3.05, 3.63) is 78.2 Å². The molecule has 168 valence electrons. The van der Waals surface area contributed by atoms with Gasteiger partial charge in [0, 0.05) is 30.2 Å². The van der Waals surface area contributed by atoms with Crippen LogP contribution >= 0.6 is 0 Å². The van der Waals surface area contributed by atoms with Gasteiger partial charge in [-0.3, -0.25) is 0 Å². The Bertz CT molecular complexity index is 1040. The fraction of sp³-hybridized carbons (Fsp3) is 0.261. The minimum atomic E-state index is -4.74. The number of hydrogen-bond acceptors (Lipinski definition) is 5. The van der Waals surface area contributed by atoms with E-state index in [9.17, 15) is 22.7 Å². The summed E-state index contributed by atoms with van der Waals surface area (Å²) in [5, 5.41) is 13.3. The average Bonchev–Trinajstić information content (AvgIpc) is 2.75. The largest absolute Gasteiger partial charge is 0.573 e. The van der Waals surface area contributed by atoms with E-state index in [0.29, 0.717) is 36.6 Å². The summed E-state index contributed by atoms with van der Waals surface area (Å²) < 4.78 is 54.2. The van der Waals surface area contributed by atoms with Crippen molar-refractivity contribution < 1.29 is 27.4 Å². The number of aliphatic hydroxyl groups excluding tert-OH is 1. The number of aromatic nitrogens is 1. The smallest absolute Gasteiger partial charge is 0.406 e. The second-order valence-electron chi connectivity index (χ2n) is 7.54. The fourth-order valence-corrected chi connectivity index (χ4v) is 3.78. The summed E-state index contributed by atoms with van der Waals surface area (Å²) in [6.07, 6.45) is -2.49. The molecule has 2 N–H and O–H groups in total. The molecule has 1 saturated heterocycles. The maximum absolute atomic E-state index is 13.4. The summed E-state index contributed by atoms with van der Waals surface area (Å²) in [6, 6.07) is 15.0.